The van der Waals surface area contributed by atoms with Crippen molar-refractivity contribution in [3.05, 3.63) is 53.8 Å². The zero-order chi connectivity index (χ0) is 12.3. The van der Waals surface area contributed by atoms with Gasteiger partial charge in [0.15, 0.2) is 0 Å². The van der Waals surface area contributed by atoms with E-state index in [4.69, 9.17) is 10.00 Å². The predicted molar refractivity (Wildman–Crippen MR) is 63.1 cm³/mol. The second-order valence-corrected chi connectivity index (χ2v) is 3.53. The minimum absolute atomic E-state index is 0.319. The highest BCUT2D eigenvalue weighted by Gasteiger charge is 2.06. The Morgan fingerprint density at radius 3 is 2.35 bits per heavy atom. The third kappa shape index (κ3) is 2.26. The van der Waals surface area contributed by atoms with Gasteiger partial charge in [-0.05, 0) is 29.8 Å². The fourth-order valence-electron chi connectivity index (χ4n) is 1.59. The van der Waals surface area contributed by atoms with Gasteiger partial charge < -0.3 is 4.74 Å². The van der Waals surface area contributed by atoms with Crippen molar-refractivity contribution in [3.63, 3.8) is 0 Å². The van der Waals surface area contributed by atoms with Crippen LogP contribution in [0.15, 0.2) is 42.5 Å². The first kappa shape index (κ1) is 11.2. The molecule has 0 spiro atoms. The van der Waals surface area contributed by atoms with Gasteiger partial charge in [-0.1, -0.05) is 18.2 Å². The lowest BCUT2D eigenvalue weighted by molar-refractivity contribution is 0.415. The number of nitrogens with zero attached hydrogens (tertiary/aromatic N) is 1. The van der Waals surface area contributed by atoms with Gasteiger partial charge in [-0.3, -0.25) is 0 Å². The molecule has 0 heterocycles. The van der Waals surface area contributed by atoms with Crippen LogP contribution in [0, 0.1) is 17.1 Å². The smallest absolute Gasteiger partial charge is 0.132 e. The largest absolute Gasteiger partial charge is 0.497 e. The molecule has 0 aliphatic rings. The summed E-state index contributed by atoms with van der Waals surface area (Å²) in [7, 11) is 1.58. The summed E-state index contributed by atoms with van der Waals surface area (Å²) < 4.78 is 18.8. The van der Waals surface area contributed by atoms with Crippen LogP contribution in [0.3, 0.4) is 0 Å². The summed E-state index contributed by atoms with van der Waals surface area (Å²) >= 11 is 0. The van der Waals surface area contributed by atoms with Gasteiger partial charge in [-0.2, -0.15) is 5.26 Å². The van der Waals surface area contributed by atoms with Gasteiger partial charge in [0.1, 0.15) is 11.6 Å². The monoisotopic (exact) mass is 227 g/mol. The Labute approximate surface area is 98.9 Å². The Kier molecular flexibility index (Phi) is 3.06. The number of ether oxygens (including phenoxy) is 1. The van der Waals surface area contributed by atoms with Crippen LogP contribution in [0.2, 0.25) is 0 Å². The summed E-state index contributed by atoms with van der Waals surface area (Å²) in [6.45, 7) is 0. The lowest BCUT2D eigenvalue weighted by Gasteiger charge is -2.05. The molecule has 2 aromatic rings. The first-order valence-corrected chi connectivity index (χ1v) is 5.08. The van der Waals surface area contributed by atoms with E-state index in [2.05, 4.69) is 0 Å². The Balaban J connectivity index is 2.42. The van der Waals surface area contributed by atoms with Crippen LogP contribution in [-0.4, -0.2) is 7.11 Å². The lowest BCUT2D eigenvalue weighted by atomic mass is 10.0. The summed E-state index contributed by atoms with van der Waals surface area (Å²) in [5.74, 6) is 0.331. The highest BCUT2D eigenvalue weighted by Crippen LogP contribution is 2.25. The van der Waals surface area contributed by atoms with Crippen molar-refractivity contribution in [2.45, 2.75) is 0 Å². The second-order valence-electron chi connectivity index (χ2n) is 3.53. The molecular weight excluding hydrogens is 217 g/mol. The van der Waals surface area contributed by atoms with Gasteiger partial charge in [-0.25, -0.2) is 4.39 Å². The highest BCUT2D eigenvalue weighted by molar-refractivity contribution is 5.65. The molecule has 0 aromatic heterocycles. The van der Waals surface area contributed by atoms with E-state index < -0.39 is 5.82 Å². The van der Waals surface area contributed by atoms with Crippen LogP contribution < -0.4 is 4.74 Å². The Hall–Kier alpha value is -2.34. The van der Waals surface area contributed by atoms with Crippen molar-refractivity contribution < 1.29 is 9.13 Å². The zero-order valence-corrected chi connectivity index (χ0v) is 9.27. The average molecular weight is 227 g/mol. The summed E-state index contributed by atoms with van der Waals surface area (Å²) in [5.41, 5.74) is 1.55. The molecule has 0 bridgehead atoms. The molecule has 17 heavy (non-hydrogen) atoms. The summed E-state index contributed by atoms with van der Waals surface area (Å²) in [6, 6.07) is 13.5. The zero-order valence-electron chi connectivity index (χ0n) is 9.27. The molecule has 0 radical (unpaired) electrons. The van der Waals surface area contributed by atoms with E-state index in [0.29, 0.717) is 11.1 Å². The van der Waals surface area contributed by atoms with Crippen molar-refractivity contribution in [1.82, 2.24) is 0 Å². The summed E-state index contributed by atoms with van der Waals surface area (Å²) in [4.78, 5) is 0. The van der Waals surface area contributed by atoms with E-state index in [9.17, 15) is 4.39 Å². The quantitative estimate of drug-likeness (QED) is 0.788. The first-order valence-electron chi connectivity index (χ1n) is 5.08. The number of rotatable bonds is 2. The van der Waals surface area contributed by atoms with Gasteiger partial charge >= 0.3 is 0 Å². The first-order chi connectivity index (χ1) is 8.24. The van der Waals surface area contributed by atoms with Gasteiger partial charge in [0.05, 0.1) is 18.7 Å². The average Bonchev–Trinajstić information content (AvgIpc) is 2.39. The molecule has 0 fully saturated rings. The minimum atomic E-state index is -0.394. The molecule has 2 aromatic carbocycles. The maximum Gasteiger partial charge on any atom is 0.132 e. The molecule has 0 aliphatic carbocycles. The standard InChI is InChI=1S/C14H10FNO/c1-17-12-5-3-11(4-6-12)13-7-2-10(9-16)8-14(13)15/h2-8H,1H3. The van der Waals surface area contributed by atoms with Gasteiger partial charge in [0.25, 0.3) is 0 Å². The molecule has 2 nitrogen and oxygen atoms in total. The van der Waals surface area contributed by atoms with Crippen molar-refractivity contribution in [2.75, 3.05) is 7.11 Å². The SMILES string of the molecule is COc1ccc(-c2ccc(C#N)cc2F)cc1. The van der Waals surface area contributed by atoms with Crippen LogP contribution in [-0.2, 0) is 0 Å². The van der Waals surface area contributed by atoms with E-state index in [-0.39, 0.29) is 0 Å². The molecule has 0 amide bonds. The highest BCUT2D eigenvalue weighted by atomic mass is 19.1. The third-order valence-corrected chi connectivity index (χ3v) is 2.50. The van der Waals surface area contributed by atoms with Crippen LogP contribution in [0.5, 0.6) is 5.75 Å². The molecule has 84 valence electrons. The summed E-state index contributed by atoms with van der Waals surface area (Å²) in [5, 5.41) is 8.66. The number of hydrogen-bond donors (Lipinski definition) is 0. The van der Waals surface area contributed by atoms with Crippen molar-refractivity contribution in [1.29, 1.82) is 5.26 Å². The van der Waals surface area contributed by atoms with E-state index in [1.165, 1.54) is 6.07 Å². The van der Waals surface area contributed by atoms with Crippen LogP contribution in [0.1, 0.15) is 5.56 Å². The van der Waals surface area contributed by atoms with E-state index >= 15 is 0 Å². The topological polar surface area (TPSA) is 33.0 Å². The van der Waals surface area contributed by atoms with Gasteiger partial charge in [0, 0.05) is 5.56 Å². The molecule has 0 saturated heterocycles. The molecule has 2 rings (SSSR count). The number of halogens is 1. The normalized spacial score (nSPS) is 9.71. The molecule has 0 saturated carbocycles. The Morgan fingerprint density at radius 2 is 1.82 bits per heavy atom. The van der Waals surface area contributed by atoms with E-state index in [0.717, 1.165) is 11.3 Å². The number of hydrogen-bond acceptors (Lipinski definition) is 2. The number of benzene rings is 2. The summed E-state index contributed by atoms with van der Waals surface area (Å²) in [6.07, 6.45) is 0. The second kappa shape index (κ2) is 4.67. The number of methoxy groups -OCH3 is 1. The number of nitriles is 1. The molecule has 0 aliphatic heterocycles. The lowest BCUT2D eigenvalue weighted by Crippen LogP contribution is -1.87. The Morgan fingerprint density at radius 1 is 1.12 bits per heavy atom. The molecule has 0 unspecified atom stereocenters. The maximum absolute atomic E-state index is 13.7. The molecular formula is C14H10FNO. The van der Waals surface area contributed by atoms with Crippen LogP contribution in [0.4, 0.5) is 4.39 Å². The van der Waals surface area contributed by atoms with E-state index in [1.54, 1.807) is 43.5 Å². The van der Waals surface area contributed by atoms with Crippen molar-refractivity contribution in [2.24, 2.45) is 0 Å². The van der Waals surface area contributed by atoms with E-state index in [1.807, 2.05) is 6.07 Å². The molecule has 0 N–H and O–H groups in total. The molecule has 0 atom stereocenters. The van der Waals surface area contributed by atoms with Crippen LogP contribution >= 0.6 is 0 Å². The Bertz CT molecular complexity index is 570. The predicted octanol–water partition coefficient (Wildman–Crippen LogP) is 3.37. The van der Waals surface area contributed by atoms with Gasteiger partial charge in [-0.15, -0.1) is 0 Å². The maximum atomic E-state index is 13.7. The van der Waals surface area contributed by atoms with Gasteiger partial charge in [0.2, 0.25) is 0 Å². The van der Waals surface area contributed by atoms with Crippen molar-refractivity contribution >= 4 is 0 Å². The van der Waals surface area contributed by atoms with Crippen molar-refractivity contribution in [3.8, 4) is 22.9 Å². The molecule has 3 heteroatoms. The fraction of sp³-hybridized carbons (Fsp3) is 0.0714. The van der Waals surface area contributed by atoms with Crippen LogP contribution in [0.25, 0.3) is 11.1 Å². The minimum Gasteiger partial charge on any atom is -0.497 e. The fourth-order valence-corrected chi connectivity index (χ4v) is 1.59. The third-order valence-electron chi connectivity index (χ3n) is 2.50.